The Hall–Kier alpha value is -2.74. The summed E-state index contributed by atoms with van der Waals surface area (Å²) in [6.45, 7) is 1.13. The van der Waals surface area contributed by atoms with Gasteiger partial charge in [0.25, 0.3) is 11.5 Å². The Labute approximate surface area is 167 Å². The molecule has 5 nitrogen and oxygen atoms in total. The third-order valence-electron chi connectivity index (χ3n) is 4.41. The maximum atomic E-state index is 14.0. The van der Waals surface area contributed by atoms with Gasteiger partial charge in [0.2, 0.25) is 0 Å². The van der Waals surface area contributed by atoms with Crippen LogP contribution in [0, 0.1) is 0 Å². The highest BCUT2D eigenvalue weighted by Crippen LogP contribution is 2.42. The minimum atomic E-state index is -4.93. The average Bonchev–Trinajstić information content (AvgIpc) is 2.71. The fourth-order valence-corrected chi connectivity index (χ4v) is 3.02. The molecule has 0 aromatic heterocycles. The molecule has 0 saturated carbocycles. The first-order valence-corrected chi connectivity index (χ1v) is 9.05. The summed E-state index contributed by atoms with van der Waals surface area (Å²) in [6, 6.07) is 12.1. The molecule has 0 bridgehead atoms. The Morgan fingerprint density at radius 1 is 1.00 bits per heavy atom. The zero-order chi connectivity index (χ0) is 21.5. The molecular weight excluding hydrogens is 387 g/mol. The van der Waals surface area contributed by atoms with Crippen LogP contribution in [0.5, 0.6) is 11.5 Å². The highest BCUT2D eigenvalue weighted by Gasteiger charge is 2.62. The molecule has 2 aromatic rings. The Bertz CT molecular complexity index is 811. The Morgan fingerprint density at radius 3 is 2.21 bits per heavy atom. The van der Waals surface area contributed by atoms with Crippen LogP contribution in [-0.2, 0) is 21.6 Å². The lowest BCUT2D eigenvalue weighted by Gasteiger charge is -2.34. The molecule has 0 aliphatic carbocycles. The van der Waals surface area contributed by atoms with Gasteiger partial charge in [-0.05, 0) is 31.0 Å². The Morgan fingerprint density at radius 2 is 1.66 bits per heavy atom. The highest BCUT2D eigenvalue weighted by atomic mass is 19.4. The fourth-order valence-electron chi connectivity index (χ4n) is 3.02. The van der Waals surface area contributed by atoms with E-state index in [9.17, 15) is 18.0 Å². The molecule has 2 aromatic carbocycles. The SMILES string of the molecule is CCOC(C(=O)NCCc1ccc(OC)c(OC)c1)(c1ccccc1)C(F)(F)F. The second kappa shape index (κ2) is 9.65. The van der Waals surface area contributed by atoms with Crippen molar-refractivity contribution in [2.45, 2.75) is 25.1 Å². The maximum Gasteiger partial charge on any atom is 0.430 e. The Kier molecular flexibility index (Phi) is 7.50. The van der Waals surface area contributed by atoms with Gasteiger partial charge in [0.05, 0.1) is 14.2 Å². The standard InChI is InChI=1S/C21H24F3NO4/c1-4-29-20(21(22,23)24,16-8-6-5-7-9-16)19(26)25-13-12-15-10-11-17(27-2)18(14-15)28-3/h5-11,14H,4,12-13H2,1-3H3,(H,25,26). The van der Waals surface area contributed by atoms with E-state index in [2.05, 4.69) is 5.32 Å². The van der Waals surface area contributed by atoms with Gasteiger partial charge in [-0.2, -0.15) is 13.2 Å². The third kappa shape index (κ3) is 4.82. The van der Waals surface area contributed by atoms with E-state index in [1.54, 1.807) is 24.3 Å². The lowest BCUT2D eigenvalue weighted by molar-refractivity contribution is -0.272. The molecule has 0 saturated heterocycles. The smallest absolute Gasteiger partial charge is 0.430 e. The number of carbonyl (C=O) groups is 1. The van der Waals surface area contributed by atoms with Crippen LogP contribution in [0.3, 0.4) is 0 Å². The summed E-state index contributed by atoms with van der Waals surface area (Å²) in [5.74, 6) is -0.213. The largest absolute Gasteiger partial charge is 0.493 e. The summed E-state index contributed by atoms with van der Waals surface area (Å²) >= 11 is 0. The zero-order valence-corrected chi connectivity index (χ0v) is 16.5. The molecule has 1 N–H and O–H groups in total. The minimum Gasteiger partial charge on any atom is -0.493 e. The van der Waals surface area contributed by atoms with E-state index in [1.165, 1.54) is 45.4 Å². The molecule has 2 rings (SSSR count). The Balaban J connectivity index is 2.21. The van der Waals surface area contributed by atoms with Crippen molar-refractivity contribution in [3.8, 4) is 11.5 Å². The molecule has 1 atom stereocenters. The summed E-state index contributed by atoms with van der Waals surface area (Å²) in [5, 5.41) is 2.37. The number of benzene rings is 2. The van der Waals surface area contributed by atoms with Crippen LogP contribution in [0.15, 0.2) is 48.5 Å². The van der Waals surface area contributed by atoms with E-state index in [0.29, 0.717) is 17.9 Å². The number of amides is 1. The zero-order valence-electron chi connectivity index (χ0n) is 16.5. The summed E-state index contributed by atoms with van der Waals surface area (Å²) in [6.07, 6.45) is -4.63. The van der Waals surface area contributed by atoms with Gasteiger partial charge in [0.15, 0.2) is 11.5 Å². The predicted molar refractivity (Wildman–Crippen MR) is 102 cm³/mol. The van der Waals surface area contributed by atoms with Gasteiger partial charge in [-0.1, -0.05) is 36.4 Å². The number of hydrogen-bond acceptors (Lipinski definition) is 4. The van der Waals surface area contributed by atoms with E-state index < -0.39 is 17.7 Å². The van der Waals surface area contributed by atoms with Crippen molar-refractivity contribution in [3.05, 3.63) is 59.7 Å². The summed E-state index contributed by atoms with van der Waals surface area (Å²) in [4.78, 5) is 12.7. The number of methoxy groups -OCH3 is 2. The molecule has 0 fully saturated rings. The van der Waals surface area contributed by atoms with Crippen molar-refractivity contribution in [3.63, 3.8) is 0 Å². The minimum absolute atomic E-state index is 0.00788. The van der Waals surface area contributed by atoms with Gasteiger partial charge in [0.1, 0.15) is 0 Å². The van der Waals surface area contributed by atoms with Gasteiger partial charge in [-0.3, -0.25) is 4.79 Å². The molecule has 158 valence electrons. The quantitative estimate of drug-likeness (QED) is 0.681. The number of nitrogens with one attached hydrogen (secondary N) is 1. The van der Waals surface area contributed by atoms with E-state index in [0.717, 1.165) is 5.56 Å². The monoisotopic (exact) mass is 411 g/mol. The number of ether oxygens (including phenoxy) is 3. The first-order chi connectivity index (χ1) is 13.8. The normalized spacial score (nSPS) is 13.4. The van der Waals surface area contributed by atoms with Gasteiger partial charge in [-0.25, -0.2) is 0 Å². The number of rotatable bonds is 9. The topological polar surface area (TPSA) is 56.8 Å². The second-order valence-corrected chi connectivity index (χ2v) is 6.17. The average molecular weight is 411 g/mol. The van der Waals surface area contributed by atoms with Gasteiger partial charge in [-0.15, -0.1) is 0 Å². The van der Waals surface area contributed by atoms with Crippen molar-refractivity contribution in [2.75, 3.05) is 27.4 Å². The number of alkyl halides is 3. The van der Waals surface area contributed by atoms with Crippen LogP contribution in [0.4, 0.5) is 13.2 Å². The van der Waals surface area contributed by atoms with Crippen LogP contribution in [0.2, 0.25) is 0 Å². The molecule has 0 aliphatic rings. The van der Waals surface area contributed by atoms with Crippen LogP contribution in [-0.4, -0.2) is 39.5 Å². The van der Waals surface area contributed by atoms with Gasteiger partial charge in [0, 0.05) is 18.7 Å². The molecule has 0 radical (unpaired) electrons. The number of carbonyl (C=O) groups excluding carboxylic acids is 1. The molecule has 1 amide bonds. The summed E-state index contributed by atoms with van der Waals surface area (Å²) < 4.78 is 57.4. The van der Waals surface area contributed by atoms with E-state index >= 15 is 0 Å². The second-order valence-electron chi connectivity index (χ2n) is 6.17. The third-order valence-corrected chi connectivity index (χ3v) is 4.41. The molecule has 29 heavy (non-hydrogen) atoms. The van der Waals surface area contributed by atoms with E-state index in [-0.39, 0.29) is 18.7 Å². The molecular formula is C21H24F3NO4. The van der Waals surface area contributed by atoms with Crippen molar-refractivity contribution < 1.29 is 32.2 Å². The first kappa shape index (κ1) is 22.5. The van der Waals surface area contributed by atoms with Crippen molar-refractivity contribution in [1.29, 1.82) is 0 Å². The first-order valence-electron chi connectivity index (χ1n) is 9.05. The molecule has 1 unspecified atom stereocenters. The maximum absolute atomic E-state index is 14.0. The fraction of sp³-hybridized carbons (Fsp3) is 0.381. The van der Waals surface area contributed by atoms with Crippen molar-refractivity contribution in [1.82, 2.24) is 5.32 Å². The van der Waals surface area contributed by atoms with Crippen LogP contribution < -0.4 is 14.8 Å². The lowest BCUT2D eigenvalue weighted by atomic mass is 9.91. The molecule has 0 spiro atoms. The van der Waals surface area contributed by atoms with Crippen molar-refractivity contribution >= 4 is 5.91 Å². The van der Waals surface area contributed by atoms with E-state index in [4.69, 9.17) is 14.2 Å². The van der Waals surface area contributed by atoms with Crippen LogP contribution in [0.25, 0.3) is 0 Å². The van der Waals surface area contributed by atoms with Crippen molar-refractivity contribution in [2.24, 2.45) is 0 Å². The van der Waals surface area contributed by atoms with Gasteiger partial charge >= 0.3 is 6.18 Å². The predicted octanol–water partition coefficient (Wildman–Crippen LogP) is 3.86. The van der Waals surface area contributed by atoms with E-state index in [1.807, 2.05) is 0 Å². The number of halogens is 3. The highest BCUT2D eigenvalue weighted by molar-refractivity contribution is 5.87. The lowest BCUT2D eigenvalue weighted by Crippen LogP contribution is -2.56. The number of hydrogen-bond donors (Lipinski definition) is 1. The van der Waals surface area contributed by atoms with Crippen LogP contribution in [0.1, 0.15) is 18.1 Å². The molecule has 8 heteroatoms. The molecule has 0 aliphatic heterocycles. The van der Waals surface area contributed by atoms with Gasteiger partial charge < -0.3 is 19.5 Å². The molecule has 0 heterocycles. The summed E-state index contributed by atoms with van der Waals surface area (Å²) in [7, 11) is 2.99. The van der Waals surface area contributed by atoms with Crippen LogP contribution >= 0.6 is 0 Å². The summed E-state index contributed by atoms with van der Waals surface area (Å²) in [5.41, 5.74) is -2.56.